The number of aromatic nitrogens is 2. The molecule has 0 N–H and O–H groups in total. The van der Waals surface area contributed by atoms with Crippen LogP contribution < -0.4 is 9.64 Å². The van der Waals surface area contributed by atoms with Crippen LogP contribution in [0.2, 0.25) is 0 Å². The summed E-state index contributed by atoms with van der Waals surface area (Å²) in [6.07, 6.45) is 5.54. The normalized spacial score (nSPS) is 17.2. The van der Waals surface area contributed by atoms with Crippen molar-refractivity contribution < 1.29 is 9.53 Å². The van der Waals surface area contributed by atoms with Crippen LogP contribution in [0.15, 0.2) is 36.7 Å². The van der Waals surface area contributed by atoms with E-state index in [-0.39, 0.29) is 5.91 Å². The first-order chi connectivity index (χ1) is 12.1. The van der Waals surface area contributed by atoms with Gasteiger partial charge in [-0.2, -0.15) is 0 Å². The number of amides is 1. The highest BCUT2D eigenvalue weighted by molar-refractivity contribution is 5.96. The second-order valence-corrected chi connectivity index (χ2v) is 6.49. The van der Waals surface area contributed by atoms with E-state index < -0.39 is 0 Å². The van der Waals surface area contributed by atoms with Crippen molar-refractivity contribution in [1.82, 2.24) is 14.9 Å². The Kier molecular flexibility index (Phi) is 5.16. The van der Waals surface area contributed by atoms with Crippen LogP contribution in [0.25, 0.3) is 0 Å². The molecule has 3 rings (SSSR count). The summed E-state index contributed by atoms with van der Waals surface area (Å²) in [4.78, 5) is 25.3. The molecule has 132 valence electrons. The minimum absolute atomic E-state index is 0.0171. The largest absolute Gasteiger partial charge is 0.480 e. The molecule has 1 aliphatic heterocycles. The van der Waals surface area contributed by atoms with Crippen LogP contribution in [0.3, 0.4) is 0 Å². The van der Waals surface area contributed by atoms with Gasteiger partial charge in [0.05, 0.1) is 7.11 Å². The zero-order chi connectivity index (χ0) is 17.8. The van der Waals surface area contributed by atoms with Gasteiger partial charge in [0, 0.05) is 45.5 Å². The van der Waals surface area contributed by atoms with Gasteiger partial charge in [-0.05, 0) is 42.7 Å². The van der Waals surface area contributed by atoms with Crippen molar-refractivity contribution in [3.05, 3.63) is 47.8 Å². The molecule has 1 atom stereocenters. The first-order valence-electron chi connectivity index (χ1n) is 8.51. The summed E-state index contributed by atoms with van der Waals surface area (Å²) in [5.74, 6) is 1.63. The quantitative estimate of drug-likeness (QED) is 0.856. The lowest BCUT2D eigenvalue weighted by atomic mass is 9.91. The number of methoxy groups -OCH3 is 1. The number of rotatable bonds is 4. The Morgan fingerprint density at radius 1 is 1.28 bits per heavy atom. The molecule has 0 spiro atoms. The average Bonchev–Trinajstić information content (AvgIpc) is 2.67. The van der Waals surface area contributed by atoms with Crippen LogP contribution >= 0.6 is 0 Å². The highest BCUT2D eigenvalue weighted by Gasteiger charge is 2.27. The fourth-order valence-corrected chi connectivity index (χ4v) is 3.25. The number of hydrogen-bond acceptors (Lipinski definition) is 5. The summed E-state index contributed by atoms with van der Waals surface area (Å²) < 4.78 is 5.24. The van der Waals surface area contributed by atoms with Gasteiger partial charge in [-0.25, -0.2) is 9.97 Å². The van der Waals surface area contributed by atoms with Crippen molar-refractivity contribution in [2.75, 3.05) is 39.2 Å². The van der Waals surface area contributed by atoms with Crippen LogP contribution in [0.1, 0.15) is 34.7 Å². The molecule has 0 aliphatic carbocycles. The molecule has 6 nitrogen and oxygen atoms in total. The Morgan fingerprint density at radius 2 is 2.12 bits per heavy atom. The van der Waals surface area contributed by atoms with E-state index in [1.54, 1.807) is 18.3 Å². The lowest BCUT2D eigenvalue weighted by molar-refractivity contribution is 0.0703. The molecule has 2 aromatic rings. The number of ether oxygens (including phenoxy) is 1. The van der Waals surface area contributed by atoms with Gasteiger partial charge in [0.15, 0.2) is 0 Å². The van der Waals surface area contributed by atoms with Crippen LogP contribution in [0.4, 0.5) is 5.82 Å². The molecule has 2 aromatic heterocycles. The zero-order valence-corrected chi connectivity index (χ0v) is 15.0. The highest BCUT2D eigenvalue weighted by Crippen LogP contribution is 2.29. The first-order valence-corrected chi connectivity index (χ1v) is 8.51. The smallest absolute Gasteiger partial charge is 0.259 e. The van der Waals surface area contributed by atoms with Crippen LogP contribution in [0, 0.1) is 0 Å². The molecule has 25 heavy (non-hydrogen) atoms. The van der Waals surface area contributed by atoms with Gasteiger partial charge >= 0.3 is 0 Å². The number of nitrogens with zero attached hydrogens (tertiary/aromatic N) is 4. The van der Waals surface area contributed by atoms with E-state index in [9.17, 15) is 4.79 Å². The van der Waals surface area contributed by atoms with Gasteiger partial charge in [-0.1, -0.05) is 0 Å². The third-order valence-electron chi connectivity index (χ3n) is 4.60. The third-order valence-corrected chi connectivity index (χ3v) is 4.60. The zero-order valence-electron chi connectivity index (χ0n) is 15.0. The molecule has 1 fully saturated rings. The Hall–Kier alpha value is -2.63. The highest BCUT2D eigenvalue weighted by atomic mass is 16.5. The number of hydrogen-bond donors (Lipinski definition) is 0. The number of carbonyl (C=O) groups excluding carboxylic acids is 1. The maximum Gasteiger partial charge on any atom is 0.259 e. The van der Waals surface area contributed by atoms with Gasteiger partial charge in [0.2, 0.25) is 5.88 Å². The Labute approximate surface area is 148 Å². The van der Waals surface area contributed by atoms with Crippen molar-refractivity contribution >= 4 is 11.7 Å². The third kappa shape index (κ3) is 3.73. The maximum absolute atomic E-state index is 12.9. The van der Waals surface area contributed by atoms with Crippen molar-refractivity contribution in [2.45, 2.75) is 18.8 Å². The second-order valence-electron chi connectivity index (χ2n) is 6.49. The Balaban J connectivity index is 1.79. The van der Waals surface area contributed by atoms with E-state index in [0.717, 1.165) is 25.2 Å². The molecular weight excluding hydrogens is 316 g/mol. The summed E-state index contributed by atoms with van der Waals surface area (Å²) in [7, 11) is 5.51. The summed E-state index contributed by atoms with van der Waals surface area (Å²) in [6.45, 7) is 1.47. The lowest BCUT2D eigenvalue weighted by Gasteiger charge is -2.33. The maximum atomic E-state index is 12.9. The Morgan fingerprint density at radius 3 is 2.88 bits per heavy atom. The van der Waals surface area contributed by atoms with E-state index in [1.165, 1.54) is 12.7 Å². The molecular formula is C19H24N4O2. The summed E-state index contributed by atoms with van der Waals surface area (Å²) in [5, 5.41) is 0. The molecule has 0 radical (unpaired) electrons. The number of pyridine rings is 2. The van der Waals surface area contributed by atoms with E-state index in [2.05, 4.69) is 22.1 Å². The number of anilines is 1. The molecule has 1 saturated heterocycles. The molecule has 1 unspecified atom stereocenters. The van der Waals surface area contributed by atoms with Crippen molar-refractivity contribution in [3.8, 4) is 5.88 Å². The van der Waals surface area contributed by atoms with Crippen LogP contribution in [0.5, 0.6) is 5.88 Å². The van der Waals surface area contributed by atoms with Gasteiger partial charge in [0.25, 0.3) is 5.91 Å². The fourth-order valence-electron chi connectivity index (χ4n) is 3.25. The number of piperidine rings is 1. The van der Waals surface area contributed by atoms with E-state index in [0.29, 0.717) is 23.9 Å². The first kappa shape index (κ1) is 17.2. The Bertz CT molecular complexity index is 748. The topological polar surface area (TPSA) is 58.6 Å². The van der Waals surface area contributed by atoms with Gasteiger partial charge < -0.3 is 14.5 Å². The summed E-state index contributed by atoms with van der Waals surface area (Å²) in [6, 6.07) is 7.71. The van der Waals surface area contributed by atoms with Crippen molar-refractivity contribution in [1.29, 1.82) is 0 Å². The summed E-state index contributed by atoms with van der Waals surface area (Å²) in [5.41, 5.74) is 1.75. The minimum atomic E-state index is -0.0171. The molecule has 6 heteroatoms. The fraction of sp³-hybridized carbons (Fsp3) is 0.421. The van der Waals surface area contributed by atoms with Crippen LogP contribution in [-0.2, 0) is 0 Å². The van der Waals surface area contributed by atoms with Crippen molar-refractivity contribution in [2.24, 2.45) is 0 Å². The predicted octanol–water partition coefficient (Wildman–Crippen LogP) is 2.57. The molecule has 1 amide bonds. The molecule has 1 aliphatic rings. The molecule has 0 bridgehead atoms. The molecule has 0 aromatic carbocycles. The van der Waals surface area contributed by atoms with Gasteiger partial charge in [0.1, 0.15) is 11.4 Å². The van der Waals surface area contributed by atoms with E-state index >= 15 is 0 Å². The molecule has 3 heterocycles. The lowest BCUT2D eigenvalue weighted by Crippen LogP contribution is -2.39. The second kappa shape index (κ2) is 7.51. The van der Waals surface area contributed by atoms with Crippen molar-refractivity contribution in [3.63, 3.8) is 0 Å². The standard InChI is InChI=1S/C19H24N4O2/c1-22(2)17-12-14(8-10-20-17)15-6-5-11-23(13-15)19(24)16-7-4-9-21-18(16)25-3/h4,7-10,12,15H,5-6,11,13H2,1-3H3. The monoisotopic (exact) mass is 340 g/mol. The number of carbonyl (C=O) groups is 1. The van der Waals surface area contributed by atoms with Crippen LogP contribution in [-0.4, -0.2) is 55.1 Å². The molecule has 0 saturated carbocycles. The SMILES string of the molecule is COc1ncccc1C(=O)N1CCCC(c2ccnc(N(C)C)c2)C1. The van der Waals surface area contributed by atoms with Gasteiger partial charge in [-0.15, -0.1) is 0 Å². The minimum Gasteiger partial charge on any atom is -0.480 e. The summed E-state index contributed by atoms with van der Waals surface area (Å²) >= 11 is 0. The predicted molar refractivity (Wildman–Crippen MR) is 97.2 cm³/mol. The van der Waals surface area contributed by atoms with Gasteiger partial charge in [-0.3, -0.25) is 4.79 Å². The average molecular weight is 340 g/mol. The van der Waals surface area contributed by atoms with E-state index in [4.69, 9.17) is 4.74 Å². The van der Waals surface area contributed by atoms with E-state index in [1.807, 2.05) is 30.1 Å². The number of likely N-dealkylation sites (tertiary alicyclic amines) is 1.